The third kappa shape index (κ3) is 10.3. The number of pyridine rings is 1. The molecule has 8 nitrogen and oxygen atoms in total. The summed E-state index contributed by atoms with van der Waals surface area (Å²) < 4.78 is 36.9. The van der Waals surface area contributed by atoms with E-state index in [9.17, 15) is 4.39 Å². The molecule has 2 unspecified atom stereocenters. The van der Waals surface area contributed by atoms with Gasteiger partial charge in [-0.3, -0.25) is 0 Å². The molecule has 2 atom stereocenters. The zero-order valence-electron chi connectivity index (χ0n) is 28.1. The van der Waals surface area contributed by atoms with Crippen LogP contribution in [0.25, 0.3) is 0 Å². The number of anilines is 3. The number of aromatic nitrogens is 1. The first-order valence-corrected chi connectivity index (χ1v) is 17.6. The molecule has 0 bridgehead atoms. The number of nitrogens with zero attached hydrogens (tertiary/aromatic N) is 4. The predicted octanol–water partition coefficient (Wildman–Crippen LogP) is 6.50. The summed E-state index contributed by atoms with van der Waals surface area (Å²) in [5.41, 5.74) is 3.60. The van der Waals surface area contributed by atoms with Gasteiger partial charge in [-0.15, -0.1) is 0 Å². The lowest BCUT2D eigenvalue weighted by Gasteiger charge is -2.42. The first kappa shape index (κ1) is 35.4. The quantitative estimate of drug-likeness (QED) is 0.184. The summed E-state index contributed by atoms with van der Waals surface area (Å²) in [4.78, 5) is 12.5. The van der Waals surface area contributed by atoms with Crippen LogP contribution < -0.4 is 14.7 Å². The van der Waals surface area contributed by atoms with Crippen molar-refractivity contribution in [1.82, 2.24) is 4.98 Å². The fourth-order valence-electron chi connectivity index (χ4n) is 6.89. The number of hydrogen-bond donors (Lipinski definition) is 0. The summed E-state index contributed by atoms with van der Waals surface area (Å²) in [6, 6.07) is 10.0. The van der Waals surface area contributed by atoms with Gasteiger partial charge in [0.25, 0.3) is 0 Å². The van der Waals surface area contributed by atoms with Crippen LogP contribution in [0.1, 0.15) is 71.3 Å². The van der Waals surface area contributed by atoms with Crippen LogP contribution in [0, 0.1) is 5.82 Å². The van der Waals surface area contributed by atoms with E-state index in [2.05, 4.69) is 27.7 Å². The molecule has 0 N–H and O–H groups in total. The van der Waals surface area contributed by atoms with E-state index in [0.29, 0.717) is 58.3 Å². The molecule has 3 aliphatic rings. The van der Waals surface area contributed by atoms with Gasteiger partial charge in [0.05, 0.1) is 58.3 Å². The van der Waals surface area contributed by atoms with Crippen molar-refractivity contribution in [2.45, 2.75) is 84.2 Å². The van der Waals surface area contributed by atoms with Gasteiger partial charge in [0.1, 0.15) is 11.6 Å². The van der Waals surface area contributed by atoms with Crippen LogP contribution in [0.3, 0.4) is 0 Å². The molecular weight excluding hydrogens is 571 g/mol. The molecule has 3 fully saturated rings. The normalized spacial score (nSPS) is 19.8. The van der Waals surface area contributed by atoms with E-state index < -0.39 is 0 Å². The zero-order chi connectivity index (χ0) is 31.7. The summed E-state index contributed by atoms with van der Waals surface area (Å²) in [5.74, 6) is 0.941. The van der Waals surface area contributed by atoms with Crippen molar-refractivity contribution in [3.8, 4) is 0 Å². The van der Waals surface area contributed by atoms with E-state index in [1.54, 1.807) is 6.07 Å². The molecule has 1 aromatic heterocycles. The Hall–Kier alpha value is -2.46. The number of hydrogen-bond acceptors (Lipinski definition) is 8. The van der Waals surface area contributed by atoms with Gasteiger partial charge in [0.15, 0.2) is 0 Å². The molecule has 0 saturated carbocycles. The maximum atomic E-state index is 14.1. The fourth-order valence-corrected chi connectivity index (χ4v) is 6.89. The highest BCUT2D eigenvalue weighted by Crippen LogP contribution is 2.39. The van der Waals surface area contributed by atoms with Crippen LogP contribution in [0.2, 0.25) is 0 Å². The molecule has 252 valence electrons. The van der Waals surface area contributed by atoms with E-state index in [4.69, 9.17) is 23.9 Å². The molecule has 45 heavy (non-hydrogen) atoms. The number of rotatable bonds is 17. The molecule has 0 radical (unpaired) electrons. The second-order valence-electron chi connectivity index (χ2n) is 11.8. The number of ether oxygens (including phenoxy) is 4. The smallest absolute Gasteiger partial charge is 0.134 e. The van der Waals surface area contributed by atoms with E-state index in [0.717, 1.165) is 76.4 Å². The van der Waals surface area contributed by atoms with Gasteiger partial charge in [-0.25, -0.2) is 9.37 Å². The number of benzene rings is 1. The van der Waals surface area contributed by atoms with Gasteiger partial charge in [-0.2, -0.15) is 0 Å². The van der Waals surface area contributed by atoms with Crippen molar-refractivity contribution in [3.63, 3.8) is 0 Å². The Morgan fingerprint density at radius 3 is 2.09 bits per heavy atom. The Balaban J connectivity index is 0.00000226. The van der Waals surface area contributed by atoms with E-state index in [1.807, 2.05) is 32.2 Å². The van der Waals surface area contributed by atoms with E-state index in [1.165, 1.54) is 36.6 Å². The van der Waals surface area contributed by atoms with Crippen LogP contribution in [-0.4, -0.2) is 96.1 Å². The highest BCUT2D eigenvalue weighted by molar-refractivity contribution is 5.66. The largest absolute Gasteiger partial charge is 0.379 e. The van der Waals surface area contributed by atoms with Crippen molar-refractivity contribution in [2.24, 2.45) is 0 Å². The van der Waals surface area contributed by atoms with Gasteiger partial charge in [-0.05, 0) is 69.2 Å². The molecule has 9 heteroatoms. The Morgan fingerprint density at radius 2 is 1.40 bits per heavy atom. The topological polar surface area (TPSA) is 59.5 Å². The zero-order valence-corrected chi connectivity index (χ0v) is 28.1. The van der Waals surface area contributed by atoms with Crippen LogP contribution >= 0.6 is 0 Å². The van der Waals surface area contributed by atoms with Crippen molar-refractivity contribution in [1.29, 1.82) is 0 Å². The standard InChI is InChI=1S/C34H51FN4O4.C2H6/c1-2-19-40-21-23-42-25-26-43-24-22-41-20-13-30-31(37-15-4-3-5-16-37)11-14-36-34(30)39-18-12-33-32(39)10-7-17-38(33)29-9-6-8-28(35)27-29;1-2/h6,8-9,11,14,27,32-33H,2-5,7,10,12-13,15-26H2,1H3;1-2H3. The average Bonchev–Trinajstić information content (AvgIpc) is 3.52. The predicted molar refractivity (Wildman–Crippen MR) is 181 cm³/mol. The highest BCUT2D eigenvalue weighted by atomic mass is 19.1. The molecule has 5 rings (SSSR count). The van der Waals surface area contributed by atoms with Crippen molar-refractivity contribution < 1.29 is 23.3 Å². The lowest BCUT2D eigenvalue weighted by Crippen LogP contribution is -2.50. The summed E-state index contributed by atoms with van der Waals surface area (Å²) in [7, 11) is 0. The van der Waals surface area contributed by atoms with Gasteiger partial charge in [0.2, 0.25) is 0 Å². The molecule has 3 aliphatic heterocycles. The van der Waals surface area contributed by atoms with E-state index >= 15 is 0 Å². The minimum atomic E-state index is -0.167. The third-order valence-corrected chi connectivity index (χ3v) is 8.89. The molecule has 3 saturated heterocycles. The van der Waals surface area contributed by atoms with Crippen molar-refractivity contribution >= 4 is 17.2 Å². The number of fused-ring (bicyclic) bond motifs is 1. The van der Waals surface area contributed by atoms with Crippen LogP contribution in [-0.2, 0) is 25.4 Å². The van der Waals surface area contributed by atoms with Gasteiger partial charge >= 0.3 is 0 Å². The van der Waals surface area contributed by atoms with E-state index in [-0.39, 0.29) is 5.82 Å². The van der Waals surface area contributed by atoms with Crippen molar-refractivity contribution in [3.05, 3.63) is 47.9 Å². The number of halogens is 1. The molecule has 0 aliphatic carbocycles. The molecule has 0 spiro atoms. The SMILES string of the molecule is CC.CCCOCCOCCOCCOCCc1c(N2CCCCC2)ccnc1N1CCC2C1CCCN2c1cccc(F)c1. The van der Waals surface area contributed by atoms with Gasteiger partial charge < -0.3 is 33.6 Å². The Labute approximate surface area is 271 Å². The monoisotopic (exact) mass is 628 g/mol. The number of piperidine rings is 2. The summed E-state index contributed by atoms with van der Waals surface area (Å²) in [6.45, 7) is 15.1. The molecular formula is C36H57FN4O4. The minimum Gasteiger partial charge on any atom is -0.379 e. The highest BCUT2D eigenvalue weighted by Gasteiger charge is 2.42. The molecule has 1 aromatic carbocycles. The first-order chi connectivity index (χ1) is 22.3. The molecule has 0 amide bonds. The summed E-state index contributed by atoms with van der Waals surface area (Å²) in [6.07, 6.45) is 10.9. The fraction of sp³-hybridized carbons (Fsp3) is 0.694. The Morgan fingerprint density at radius 1 is 0.733 bits per heavy atom. The maximum absolute atomic E-state index is 14.1. The average molecular weight is 629 g/mol. The molecule has 4 heterocycles. The lowest BCUT2D eigenvalue weighted by atomic mass is 9.95. The first-order valence-electron chi connectivity index (χ1n) is 17.6. The van der Waals surface area contributed by atoms with Gasteiger partial charge in [0, 0.05) is 62.3 Å². The minimum absolute atomic E-state index is 0.167. The maximum Gasteiger partial charge on any atom is 0.134 e. The Bertz CT molecular complexity index is 1100. The Kier molecular flexibility index (Phi) is 15.7. The third-order valence-electron chi connectivity index (χ3n) is 8.89. The van der Waals surface area contributed by atoms with Crippen LogP contribution in [0.15, 0.2) is 36.5 Å². The van der Waals surface area contributed by atoms with Gasteiger partial charge in [-0.1, -0.05) is 26.8 Å². The molecule has 2 aromatic rings. The van der Waals surface area contributed by atoms with Crippen LogP contribution in [0.4, 0.5) is 21.6 Å². The summed E-state index contributed by atoms with van der Waals surface area (Å²) in [5, 5.41) is 0. The second kappa shape index (κ2) is 19.9. The summed E-state index contributed by atoms with van der Waals surface area (Å²) >= 11 is 0. The van der Waals surface area contributed by atoms with Crippen LogP contribution in [0.5, 0.6) is 0 Å². The van der Waals surface area contributed by atoms with Crippen molar-refractivity contribution in [2.75, 3.05) is 93.7 Å². The lowest BCUT2D eigenvalue weighted by molar-refractivity contribution is -0.00139. The second-order valence-corrected chi connectivity index (χ2v) is 11.8.